The minimum Gasteiger partial charge on any atom is -0.399 e. The van der Waals surface area contributed by atoms with Crippen molar-refractivity contribution in [1.82, 2.24) is 0 Å². The topological polar surface area (TPSA) is 55.1 Å². The molecule has 3 N–H and O–H groups in total. The molecule has 6 heteroatoms. The normalized spacial score (nSPS) is 10.5. The molecule has 0 aliphatic carbocycles. The van der Waals surface area contributed by atoms with Gasteiger partial charge in [0, 0.05) is 11.4 Å². The van der Waals surface area contributed by atoms with Gasteiger partial charge >= 0.3 is 0 Å². The lowest BCUT2D eigenvalue weighted by atomic mass is 10.1. The summed E-state index contributed by atoms with van der Waals surface area (Å²) in [6.45, 7) is 3.77. The van der Waals surface area contributed by atoms with Crippen molar-refractivity contribution >= 4 is 51.8 Å². The quantitative estimate of drug-likeness (QED) is 0.801. The van der Waals surface area contributed by atoms with Crippen molar-refractivity contribution in [2.75, 3.05) is 11.1 Å². The summed E-state index contributed by atoms with van der Waals surface area (Å²) in [6, 6.07) is 5.22. The second-order valence-corrected chi connectivity index (χ2v) is 6.50. The minimum absolute atomic E-state index is 0.277. The lowest BCUT2D eigenvalue weighted by Crippen LogP contribution is -2.12. The first kappa shape index (κ1) is 14.2. The highest BCUT2D eigenvalue weighted by Crippen LogP contribution is 2.32. The molecule has 0 saturated carbocycles. The molecule has 0 fully saturated rings. The molecule has 0 unspecified atom stereocenters. The Morgan fingerprint density at radius 3 is 2.47 bits per heavy atom. The van der Waals surface area contributed by atoms with Crippen molar-refractivity contribution < 1.29 is 4.79 Å². The van der Waals surface area contributed by atoms with Gasteiger partial charge < -0.3 is 11.1 Å². The van der Waals surface area contributed by atoms with Crippen LogP contribution in [0.5, 0.6) is 0 Å². The summed E-state index contributed by atoms with van der Waals surface area (Å²) in [7, 11) is 0. The maximum atomic E-state index is 12.1. The van der Waals surface area contributed by atoms with E-state index in [4.69, 9.17) is 28.9 Å². The van der Waals surface area contributed by atoms with Crippen LogP contribution in [0.2, 0.25) is 8.67 Å². The number of halogens is 2. The van der Waals surface area contributed by atoms with E-state index in [0.717, 1.165) is 16.8 Å². The first-order valence-electron chi connectivity index (χ1n) is 5.51. The Bertz CT molecular complexity index is 652. The number of nitrogen functional groups attached to an aromatic ring is 1. The number of nitrogens with two attached hydrogens (primary N) is 1. The van der Waals surface area contributed by atoms with Crippen LogP contribution < -0.4 is 11.1 Å². The van der Waals surface area contributed by atoms with Crippen LogP contribution in [0.3, 0.4) is 0 Å². The van der Waals surface area contributed by atoms with Crippen LogP contribution >= 0.6 is 34.5 Å². The van der Waals surface area contributed by atoms with Gasteiger partial charge in [-0.3, -0.25) is 4.79 Å². The van der Waals surface area contributed by atoms with Crippen molar-refractivity contribution in [3.8, 4) is 0 Å². The highest BCUT2D eigenvalue weighted by molar-refractivity contribution is 7.20. The van der Waals surface area contributed by atoms with Crippen molar-refractivity contribution in [3.63, 3.8) is 0 Å². The number of anilines is 2. The summed E-state index contributed by atoms with van der Waals surface area (Å²) in [5.74, 6) is -0.277. The van der Waals surface area contributed by atoms with Crippen molar-refractivity contribution in [3.05, 3.63) is 43.6 Å². The Morgan fingerprint density at radius 2 is 1.89 bits per heavy atom. The first-order chi connectivity index (χ1) is 8.88. The van der Waals surface area contributed by atoms with Gasteiger partial charge in [0.1, 0.15) is 4.34 Å². The number of carbonyl (C=O) groups excluding carboxylic acids is 1. The summed E-state index contributed by atoms with van der Waals surface area (Å²) in [5.41, 5.74) is 9.42. The SMILES string of the molecule is Cc1cc(NC(=O)c2cc(Cl)sc2Cl)c(C)cc1N. The van der Waals surface area contributed by atoms with E-state index in [2.05, 4.69) is 5.32 Å². The summed E-state index contributed by atoms with van der Waals surface area (Å²) in [4.78, 5) is 12.1. The van der Waals surface area contributed by atoms with Gasteiger partial charge in [-0.15, -0.1) is 11.3 Å². The molecule has 19 heavy (non-hydrogen) atoms. The van der Waals surface area contributed by atoms with Crippen LogP contribution in [0.4, 0.5) is 11.4 Å². The van der Waals surface area contributed by atoms with Crippen molar-refractivity contribution in [1.29, 1.82) is 0 Å². The van der Waals surface area contributed by atoms with E-state index in [1.54, 1.807) is 6.07 Å². The number of aryl methyl sites for hydroxylation is 2. The molecule has 1 amide bonds. The van der Waals surface area contributed by atoms with E-state index >= 15 is 0 Å². The standard InChI is InChI=1S/C13H12Cl2N2OS/c1-6-4-10(7(2)3-9(6)16)17-13(18)8-5-11(14)19-12(8)15/h3-5H,16H2,1-2H3,(H,17,18). The molecule has 2 rings (SSSR count). The zero-order valence-electron chi connectivity index (χ0n) is 10.4. The molecule has 2 aromatic rings. The predicted molar refractivity (Wildman–Crippen MR) is 82.6 cm³/mol. The van der Waals surface area contributed by atoms with E-state index < -0.39 is 0 Å². The Hall–Kier alpha value is -1.23. The fraction of sp³-hybridized carbons (Fsp3) is 0.154. The molecule has 0 radical (unpaired) electrons. The average molecular weight is 315 g/mol. The van der Waals surface area contributed by atoms with Gasteiger partial charge in [-0.05, 0) is 43.2 Å². The third-order valence-corrected chi connectivity index (χ3v) is 4.25. The minimum atomic E-state index is -0.277. The van der Waals surface area contributed by atoms with Gasteiger partial charge in [0.05, 0.1) is 9.90 Å². The summed E-state index contributed by atoms with van der Waals surface area (Å²) >= 11 is 13.0. The summed E-state index contributed by atoms with van der Waals surface area (Å²) in [6.07, 6.45) is 0. The van der Waals surface area contributed by atoms with Gasteiger partial charge in [-0.25, -0.2) is 0 Å². The van der Waals surface area contributed by atoms with Crippen LogP contribution in [-0.2, 0) is 0 Å². The molecule has 0 atom stereocenters. The number of hydrogen-bond acceptors (Lipinski definition) is 3. The largest absolute Gasteiger partial charge is 0.399 e. The second kappa shape index (κ2) is 5.41. The third-order valence-electron chi connectivity index (χ3n) is 2.76. The van der Waals surface area contributed by atoms with Gasteiger partial charge in [0.2, 0.25) is 0 Å². The second-order valence-electron chi connectivity index (χ2n) is 4.22. The van der Waals surface area contributed by atoms with Crippen LogP contribution in [0, 0.1) is 13.8 Å². The van der Waals surface area contributed by atoms with E-state index in [1.165, 1.54) is 11.3 Å². The van der Waals surface area contributed by atoms with Crippen LogP contribution in [0.25, 0.3) is 0 Å². The fourth-order valence-electron chi connectivity index (χ4n) is 1.66. The van der Waals surface area contributed by atoms with E-state index in [9.17, 15) is 4.79 Å². The molecule has 0 aliphatic heterocycles. The molecule has 0 bridgehead atoms. The lowest BCUT2D eigenvalue weighted by Gasteiger charge is -2.10. The summed E-state index contributed by atoms with van der Waals surface area (Å²) < 4.78 is 0.868. The molecule has 1 aromatic heterocycles. The van der Waals surface area contributed by atoms with Gasteiger partial charge in [0.25, 0.3) is 5.91 Å². The number of thiophene rings is 1. The van der Waals surface area contributed by atoms with Gasteiger partial charge in [-0.1, -0.05) is 23.2 Å². The smallest absolute Gasteiger partial charge is 0.258 e. The maximum absolute atomic E-state index is 12.1. The lowest BCUT2D eigenvalue weighted by molar-refractivity contribution is 0.102. The molecule has 3 nitrogen and oxygen atoms in total. The third kappa shape index (κ3) is 3.03. The summed E-state index contributed by atoms with van der Waals surface area (Å²) in [5, 5.41) is 2.82. The zero-order valence-corrected chi connectivity index (χ0v) is 12.7. The van der Waals surface area contributed by atoms with E-state index in [0.29, 0.717) is 19.9 Å². The molecule has 1 aromatic carbocycles. The Morgan fingerprint density at radius 1 is 1.21 bits per heavy atom. The average Bonchev–Trinajstić information content (AvgIpc) is 2.65. The number of benzene rings is 1. The van der Waals surface area contributed by atoms with Crippen LogP contribution in [0.1, 0.15) is 21.5 Å². The maximum Gasteiger partial charge on any atom is 0.258 e. The number of rotatable bonds is 2. The van der Waals surface area contributed by atoms with Gasteiger partial charge in [0.15, 0.2) is 0 Å². The molecular formula is C13H12Cl2N2OS. The van der Waals surface area contributed by atoms with Gasteiger partial charge in [-0.2, -0.15) is 0 Å². The molecule has 100 valence electrons. The van der Waals surface area contributed by atoms with E-state index in [-0.39, 0.29) is 5.91 Å². The number of nitrogens with one attached hydrogen (secondary N) is 1. The number of hydrogen-bond donors (Lipinski definition) is 2. The Labute approximate surface area is 125 Å². The Balaban J connectivity index is 2.29. The highest BCUT2D eigenvalue weighted by Gasteiger charge is 2.15. The van der Waals surface area contributed by atoms with E-state index in [1.807, 2.05) is 26.0 Å². The number of carbonyl (C=O) groups is 1. The monoisotopic (exact) mass is 314 g/mol. The number of amides is 1. The van der Waals surface area contributed by atoms with Crippen molar-refractivity contribution in [2.45, 2.75) is 13.8 Å². The predicted octanol–water partition coefficient (Wildman–Crippen LogP) is 4.51. The molecule has 0 saturated heterocycles. The zero-order chi connectivity index (χ0) is 14.2. The molecule has 1 heterocycles. The van der Waals surface area contributed by atoms with Crippen LogP contribution in [0.15, 0.2) is 18.2 Å². The fourth-order valence-corrected chi connectivity index (χ4v) is 3.12. The van der Waals surface area contributed by atoms with Crippen molar-refractivity contribution in [2.24, 2.45) is 0 Å². The highest BCUT2D eigenvalue weighted by atomic mass is 35.5. The first-order valence-corrected chi connectivity index (χ1v) is 7.08. The van der Waals surface area contributed by atoms with Crippen LogP contribution in [-0.4, -0.2) is 5.91 Å². The molecular weight excluding hydrogens is 303 g/mol. The molecule has 0 aliphatic rings. The Kier molecular flexibility index (Phi) is 4.04. The molecule has 0 spiro atoms.